The lowest BCUT2D eigenvalue weighted by Gasteiger charge is -2.23. The van der Waals surface area contributed by atoms with Gasteiger partial charge in [0.25, 0.3) is 0 Å². The van der Waals surface area contributed by atoms with Gasteiger partial charge in [0.2, 0.25) is 11.0 Å². The van der Waals surface area contributed by atoms with Gasteiger partial charge in [-0.05, 0) is 38.0 Å². The Labute approximate surface area is 192 Å². The van der Waals surface area contributed by atoms with Gasteiger partial charge in [0.05, 0.1) is 23.8 Å². The van der Waals surface area contributed by atoms with Crippen LogP contribution in [0.4, 0.5) is 35.5 Å². The van der Waals surface area contributed by atoms with E-state index in [1.54, 1.807) is 6.20 Å². The summed E-state index contributed by atoms with van der Waals surface area (Å²) >= 11 is 0.918. The van der Waals surface area contributed by atoms with E-state index in [4.69, 9.17) is 0 Å². The Balaban J connectivity index is 1.60. The van der Waals surface area contributed by atoms with Gasteiger partial charge >= 0.3 is 6.18 Å². The predicted molar refractivity (Wildman–Crippen MR) is 121 cm³/mol. The molecule has 0 unspecified atom stereocenters. The average Bonchev–Trinajstić information content (AvgIpc) is 3.39. The van der Waals surface area contributed by atoms with Crippen molar-refractivity contribution in [1.29, 1.82) is 0 Å². The van der Waals surface area contributed by atoms with E-state index in [0.717, 1.165) is 46.7 Å². The maximum absolute atomic E-state index is 13.7. The summed E-state index contributed by atoms with van der Waals surface area (Å²) < 4.78 is 45.2. The summed E-state index contributed by atoms with van der Waals surface area (Å²) in [5.41, 5.74) is 1.82. The Hall–Kier alpha value is -3.28. The van der Waals surface area contributed by atoms with Crippen LogP contribution in [0.1, 0.15) is 31.9 Å². The molecular weight excluding hydrogens is 455 g/mol. The molecular formula is C21H22F3N7OS. The topological polar surface area (TPSA) is 87.1 Å². The molecule has 33 heavy (non-hydrogen) atoms. The molecule has 4 heterocycles. The van der Waals surface area contributed by atoms with Crippen molar-refractivity contribution in [2.45, 2.75) is 39.4 Å². The van der Waals surface area contributed by atoms with Gasteiger partial charge in [-0.25, -0.2) is 4.98 Å². The number of nitrogens with zero attached hydrogens (tertiary/aromatic N) is 6. The van der Waals surface area contributed by atoms with Gasteiger partial charge in [0.1, 0.15) is 17.1 Å². The van der Waals surface area contributed by atoms with Crippen molar-refractivity contribution in [3.63, 3.8) is 0 Å². The second-order valence-electron chi connectivity index (χ2n) is 7.95. The summed E-state index contributed by atoms with van der Waals surface area (Å²) in [7, 11) is 1.38. The van der Waals surface area contributed by atoms with Crippen molar-refractivity contribution in [3.05, 3.63) is 35.7 Å². The Bertz CT molecular complexity index is 1190. The minimum Gasteiger partial charge on any atom is -0.367 e. The fourth-order valence-electron chi connectivity index (χ4n) is 3.58. The number of hydrogen-bond donors (Lipinski definition) is 1. The predicted octanol–water partition coefficient (Wildman–Crippen LogP) is 4.51. The third kappa shape index (κ3) is 4.61. The van der Waals surface area contributed by atoms with E-state index in [-0.39, 0.29) is 10.8 Å². The van der Waals surface area contributed by atoms with Crippen molar-refractivity contribution >= 4 is 39.8 Å². The molecule has 0 radical (unpaired) electrons. The molecule has 0 fully saturated rings. The number of carbonyl (C=O) groups is 1. The molecule has 3 aromatic heterocycles. The highest BCUT2D eigenvalue weighted by molar-refractivity contribution is 7.09. The van der Waals surface area contributed by atoms with E-state index in [1.165, 1.54) is 20.2 Å². The van der Waals surface area contributed by atoms with Gasteiger partial charge in [0, 0.05) is 38.1 Å². The summed E-state index contributed by atoms with van der Waals surface area (Å²) in [6.07, 6.45) is -0.804. The second kappa shape index (κ2) is 8.58. The van der Waals surface area contributed by atoms with Crippen molar-refractivity contribution in [1.82, 2.24) is 19.3 Å². The molecule has 174 valence electrons. The number of pyridine rings is 2. The summed E-state index contributed by atoms with van der Waals surface area (Å²) in [4.78, 5) is 27.5. The van der Waals surface area contributed by atoms with Gasteiger partial charge in [-0.1, -0.05) is 0 Å². The molecule has 0 saturated carbocycles. The molecule has 1 amide bonds. The van der Waals surface area contributed by atoms with E-state index in [0.29, 0.717) is 17.6 Å². The maximum atomic E-state index is 13.7. The molecule has 4 rings (SSSR count). The largest absolute Gasteiger partial charge is 0.420 e. The molecule has 1 aliphatic rings. The Morgan fingerprint density at radius 2 is 2.00 bits per heavy atom. The van der Waals surface area contributed by atoms with Crippen LogP contribution in [-0.2, 0) is 17.4 Å². The molecule has 12 heteroatoms. The second-order valence-corrected chi connectivity index (χ2v) is 8.70. The molecule has 8 nitrogen and oxygen atoms in total. The Kier molecular flexibility index (Phi) is 5.95. The summed E-state index contributed by atoms with van der Waals surface area (Å²) in [6.45, 7) is 6.42. The number of amides is 1. The van der Waals surface area contributed by atoms with E-state index in [2.05, 4.69) is 43.4 Å². The molecule has 1 N–H and O–H groups in total. The quantitative estimate of drug-likeness (QED) is 0.579. The average molecular weight is 478 g/mol. The smallest absolute Gasteiger partial charge is 0.367 e. The van der Waals surface area contributed by atoms with E-state index >= 15 is 0 Å². The van der Waals surface area contributed by atoms with Gasteiger partial charge in [0.15, 0.2) is 5.82 Å². The number of alkyl halides is 3. The summed E-state index contributed by atoms with van der Waals surface area (Å²) in [5, 5.41) is 2.77. The van der Waals surface area contributed by atoms with Crippen LogP contribution >= 0.6 is 11.5 Å². The highest BCUT2D eigenvalue weighted by Gasteiger charge is 2.35. The van der Waals surface area contributed by atoms with Crippen LogP contribution in [0.25, 0.3) is 11.5 Å². The Morgan fingerprint density at radius 3 is 2.67 bits per heavy atom. The van der Waals surface area contributed by atoms with Crippen LogP contribution in [0.15, 0.2) is 24.5 Å². The van der Waals surface area contributed by atoms with Gasteiger partial charge in [-0.3, -0.25) is 9.78 Å². The molecule has 0 spiro atoms. The monoisotopic (exact) mass is 477 g/mol. The third-order valence-corrected chi connectivity index (χ3v) is 6.07. The highest BCUT2D eigenvalue weighted by Crippen LogP contribution is 2.38. The first-order valence-electron chi connectivity index (χ1n) is 10.2. The number of halogens is 3. The minimum absolute atomic E-state index is 0.0381. The zero-order chi connectivity index (χ0) is 23.9. The van der Waals surface area contributed by atoms with Crippen molar-refractivity contribution in [2.24, 2.45) is 0 Å². The fraction of sp³-hybridized carbons (Fsp3) is 0.381. The molecule has 0 saturated heterocycles. The van der Waals surface area contributed by atoms with Crippen LogP contribution < -0.4 is 15.1 Å². The number of rotatable bonds is 5. The van der Waals surface area contributed by atoms with Gasteiger partial charge < -0.3 is 15.1 Å². The number of aromatic nitrogens is 4. The summed E-state index contributed by atoms with van der Waals surface area (Å²) in [5.74, 6) is -0.493. The zero-order valence-corrected chi connectivity index (χ0v) is 19.3. The Morgan fingerprint density at radius 1 is 1.24 bits per heavy atom. The summed E-state index contributed by atoms with van der Waals surface area (Å²) in [6, 6.07) is 3.17. The first kappa shape index (κ1) is 22.9. The van der Waals surface area contributed by atoms with Crippen LogP contribution in [0.5, 0.6) is 0 Å². The van der Waals surface area contributed by atoms with Crippen molar-refractivity contribution in [2.75, 3.05) is 28.7 Å². The van der Waals surface area contributed by atoms with Crippen molar-refractivity contribution in [3.8, 4) is 11.5 Å². The molecule has 0 aromatic carbocycles. The molecule has 0 atom stereocenters. The maximum Gasteiger partial charge on any atom is 0.420 e. The number of hydrogen-bond acceptors (Lipinski definition) is 8. The molecule has 0 bridgehead atoms. The third-order valence-electron chi connectivity index (χ3n) is 5.44. The lowest BCUT2D eigenvalue weighted by Crippen LogP contribution is -2.28. The van der Waals surface area contributed by atoms with Crippen LogP contribution in [0, 0.1) is 0 Å². The van der Waals surface area contributed by atoms with Gasteiger partial charge in [-0.15, -0.1) is 0 Å². The number of carbonyl (C=O) groups excluding carboxylic acids is 1. The number of anilines is 4. The lowest BCUT2D eigenvalue weighted by molar-refractivity contribution is -0.137. The van der Waals surface area contributed by atoms with Crippen molar-refractivity contribution < 1.29 is 18.0 Å². The lowest BCUT2D eigenvalue weighted by atomic mass is 10.2. The standard InChI is InChI=1S/C21H22F3N7OS/c1-11(2)31-6-5-13-7-16(25-10-17(13)31)19-28-20(33-29-19)27-18-15(21(22,23)24)8-14(9-26-18)30(4)12(3)32/h7-11H,5-6H2,1-4H3,(H,26,27,28,29). The van der Waals surface area contributed by atoms with E-state index < -0.39 is 23.5 Å². The van der Waals surface area contributed by atoms with Gasteiger partial charge in [-0.2, -0.15) is 22.5 Å². The van der Waals surface area contributed by atoms with E-state index in [9.17, 15) is 18.0 Å². The molecule has 3 aromatic rings. The number of fused-ring (bicyclic) bond motifs is 1. The zero-order valence-electron chi connectivity index (χ0n) is 18.4. The minimum atomic E-state index is -4.68. The molecule has 1 aliphatic heterocycles. The first-order chi connectivity index (χ1) is 15.5. The number of nitrogens with one attached hydrogen (secondary N) is 1. The fourth-order valence-corrected chi connectivity index (χ4v) is 4.16. The highest BCUT2D eigenvalue weighted by atomic mass is 32.1. The first-order valence-corrected chi connectivity index (χ1v) is 11.0. The van der Waals surface area contributed by atoms with Crippen LogP contribution in [-0.4, -0.2) is 44.9 Å². The SMILES string of the molecule is CC(=O)N(C)c1cnc(Nc2nc(-c3cc4c(cn3)N(C(C)C)CC4)ns2)c(C(F)(F)F)c1. The molecule has 0 aliphatic carbocycles. The van der Waals surface area contributed by atoms with E-state index in [1.807, 2.05) is 6.07 Å². The normalized spacial score (nSPS) is 13.4. The van der Waals surface area contributed by atoms with Crippen LogP contribution in [0.2, 0.25) is 0 Å². The van der Waals surface area contributed by atoms with Crippen LogP contribution in [0.3, 0.4) is 0 Å².